The van der Waals surface area contributed by atoms with Crippen molar-refractivity contribution < 1.29 is 5.11 Å². The van der Waals surface area contributed by atoms with Crippen molar-refractivity contribution in [2.24, 2.45) is 0 Å². The molecule has 0 aliphatic heterocycles. The number of thioether (sulfide) groups is 1. The smallest absolute Gasteiger partial charge is 0.0959 e. The topological polar surface area (TPSA) is 32.8 Å². The molecule has 0 spiro atoms. The Bertz CT molecular complexity index is 215. The highest BCUT2D eigenvalue weighted by Gasteiger charge is 1.93. The fraction of sp³-hybridized carbons (Fsp3) is 0.500. The monoisotopic (exact) mass is 196 g/mol. The molecule has 0 aliphatic carbocycles. The molecule has 0 unspecified atom stereocenters. The van der Waals surface area contributed by atoms with Gasteiger partial charge >= 0.3 is 0 Å². The number of aromatic nitrogens is 1. The third-order valence-corrected chi connectivity index (χ3v) is 2.71. The molecule has 0 saturated heterocycles. The lowest BCUT2D eigenvalue weighted by atomic mass is 10.3. The number of unbranched alkanes of at least 4 members (excludes halogenated alkanes) is 2. The number of hydrogen-bond donors (Lipinski definition) is 0. The van der Waals surface area contributed by atoms with Gasteiger partial charge in [0, 0.05) is 6.20 Å². The predicted octanol–water partition coefficient (Wildman–Crippen LogP) is 2.77. The molecule has 0 amide bonds. The van der Waals surface area contributed by atoms with Gasteiger partial charge in [0.05, 0.1) is 11.6 Å². The lowest BCUT2D eigenvalue weighted by Crippen LogP contribution is -1.85. The predicted molar refractivity (Wildman–Crippen MR) is 54.4 cm³/mol. The molecule has 0 saturated carbocycles. The highest BCUT2D eigenvalue weighted by atomic mass is 32.2. The first-order valence-corrected chi connectivity index (χ1v) is 5.54. The van der Waals surface area contributed by atoms with E-state index in [1.165, 1.54) is 0 Å². The zero-order valence-electron chi connectivity index (χ0n) is 7.61. The van der Waals surface area contributed by atoms with E-state index in [-0.39, 0.29) is 6.61 Å². The number of pyridine rings is 1. The molecule has 1 rings (SSSR count). The maximum Gasteiger partial charge on any atom is 0.0959 e. The molecule has 0 bridgehead atoms. The van der Waals surface area contributed by atoms with Gasteiger partial charge in [-0.3, -0.25) is 0 Å². The lowest BCUT2D eigenvalue weighted by Gasteiger charge is -1.98. The Morgan fingerprint density at radius 3 is 2.85 bits per heavy atom. The summed E-state index contributed by atoms with van der Waals surface area (Å²) >= 11 is 1.76. The van der Waals surface area contributed by atoms with Crippen LogP contribution < -0.4 is 0 Å². The van der Waals surface area contributed by atoms with Crippen LogP contribution in [0.25, 0.3) is 0 Å². The Labute approximate surface area is 83.4 Å². The van der Waals surface area contributed by atoms with E-state index in [4.69, 9.17) is 0 Å². The van der Waals surface area contributed by atoms with Gasteiger partial charge in [-0.05, 0) is 30.7 Å². The zero-order chi connectivity index (χ0) is 9.36. The molecule has 0 fully saturated rings. The highest BCUT2D eigenvalue weighted by Crippen LogP contribution is 2.15. The van der Waals surface area contributed by atoms with Crippen LogP contribution in [-0.2, 0) is 5.11 Å². The largest absolute Gasteiger partial charge is 0.250 e. The molecule has 71 valence electrons. The summed E-state index contributed by atoms with van der Waals surface area (Å²) in [5.74, 6) is 1.07. The summed E-state index contributed by atoms with van der Waals surface area (Å²) in [5, 5.41) is 11.2. The van der Waals surface area contributed by atoms with E-state index >= 15 is 0 Å². The summed E-state index contributed by atoms with van der Waals surface area (Å²) in [4.78, 5) is 4.20. The molecule has 1 heterocycles. The fourth-order valence-electron chi connectivity index (χ4n) is 0.990. The third-order valence-electron chi connectivity index (χ3n) is 1.68. The zero-order valence-corrected chi connectivity index (χ0v) is 8.43. The summed E-state index contributed by atoms with van der Waals surface area (Å²) in [7, 11) is 0. The fourth-order valence-corrected chi connectivity index (χ4v) is 1.86. The normalized spacial score (nSPS) is 10.2. The molecule has 13 heavy (non-hydrogen) atoms. The second-order valence-corrected chi connectivity index (χ2v) is 3.90. The van der Waals surface area contributed by atoms with E-state index < -0.39 is 0 Å². The van der Waals surface area contributed by atoms with Crippen LogP contribution in [0.1, 0.15) is 19.3 Å². The van der Waals surface area contributed by atoms with Crippen molar-refractivity contribution in [3.63, 3.8) is 0 Å². The Kier molecular flexibility index (Phi) is 5.61. The van der Waals surface area contributed by atoms with Gasteiger partial charge in [0.1, 0.15) is 0 Å². The van der Waals surface area contributed by atoms with Crippen molar-refractivity contribution in [2.45, 2.75) is 24.3 Å². The minimum atomic E-state index is 0.0637. The second kappa shape index (κ2) is 6.92. The van der Waals surface area contributed by atoms with Crippen LogP contribution in [-0.4, -0.2) is 17.3 Å². The first-order chi connectivity index (χ1) is 6.43. The van der Waals surface area contributed by atoms with Gasteiger partial charge in [0.25, 0.3) is 0 Å². The Morgan fingerprint density at radius 2 is 2.15 bits per heavy atom. The summed E-state index contributed by atoms with van der Waals surface area (Å²) < 4.78 is 0. The van der Waals surface area contributed by atoms with Crippen molar-refractivity contribution in [3.05, 3.63) is 24.4 Å². The molecule has 1 aromatic rings. The van der Waals surface area contributed by atoms with Crippen molar-refractivity contribution in [1.29, 1.82) is 0 Å². The van der Waals surface area contributed by atoms with Gasteiger partial charge in [-0.2, -0.15) is 0 Å². The van der Waals surface area contributed by atoms with Gasteiger partial charge in [-0.15, -0.1) is 11.8 Å². The Hall–Kier alpha value is -0.540. The van der Waals surface area contributed by atoms with Crippen LogP contribution in [0.2, 0.25) is 0 Å². The van der Waals surface area contributed by atoms with E-state index in [1.54, 1.807) is 18.0 Å². The van der Waals surface area contributed by atoms with E-state index in [0.717, 1.165) is 30.0 Å². The van der Waals surface area contributed by atoms with E-state index in [9.17, 15) is 5.11 Å². The minimum Gasteiger partial charge on any atom is -0.250 e. The van der Waals surface area contributed by atoms with Crippen molar-refractivity contribution in [2.75, 3.05) is 12.4 Å². The molecule has 1 aromatic heterocycles. The maximum atomic E-state index is 10.1. The average molecular weight is 196 g/mol. The van der Waals surface area contributed by atoms with Crippen molar-refractivity contribution in [1.82, 2.24) is 4.98 Å². The molecule has 0 aromatic carbocycles. The maximum absolute atomic E-state index is 10.1. The first kappa shape index (κ1) is 10.5. The Balaban J connectivity index is 2.07. The van der Waals surface area contributed by atoms with Crippen LogP contribution in [0, 0.1) is 0 Å². The van der Waals surface area contributed by atoms with Crippen LogP contribution in [0.4, 0.5) is 0 Å². The molecular formula is C10H14NOS. The van der Waals surface area contributed by atoms with Gasteiger partial charge < -0.3 is 0 Å². The van der Waals surface area contributed by atoms with Gasteiger partial charge in [-0.25, -0.2) is 10.1 Å². The molecule has 0 N–H and O–H groups in total. The minimum absolute atomic E-state index is 0.0637. The summed E-state index contributed by atoms with van der Waals surface area (Å²) in [6.07, 6.45) is 4.77. The highest BCUT2D eigenvalue weighted by molar-refractivity contribution is 7.99. The quantitative estimate of drug-likeness (QED) is 0.517. The summed E-state index contributed by atoms with van der Waals surface area (Å²) in [6, 6.07) is 5.92. The van der Waals surface area contributed by atoms with E-state index in [2.05, 4.69) is 4.98 Å². The van der Waals surface area contributed by atoms with Crippen molar-refractivity contribution in [3.8, 4) is 0 Å². The molecule has 1 radical (unpaired) electrons. The van der Waals surface area contributed by atoms with Crippen molar-refractivity contribution >= 4 is 11.8 Å². The van der Waals surface area contributed by atoms with Crippen LogP contribution in [0.5, 0.6) is 0 Å². The first-order valence-electron chi connectivity index (χ1n) is 4.55. The Morgan fingerprint density at radius 1 is 1.23 bits per heavy atom. The van der Waals surface area contributed by atoms with E-state index in [0.29, 0.717) is 0 Å². The molecule has 2 nitrogen and oxygen atoms in total. The second-order valence-electron chi connectivity index (χ2n) is 2.78. The summed E-state index contributed by atoms with van der Waals surface area (Å²) in [6.45, 7) is 0.0637. The summed E-state index contributed by atoms with van der Waals surface area (Å²) in [5.41, 5.74) is 0. The van der Waals surface area contributed by atoms with Gasteiger partial charge in [-0.1, -0.05) is 12.5 Å². The molecule has 0 aliphatic rings. The van der Waals surface area contributed by atoms with Crippen LogP contribution >= 0.6 is 11.8 Å². The number of rotatable bonds is 6. The molecule has 0 atom stereocenters. The van der Waals surface area contributed by atoms with Gasteiger partial charge in [0.15, 0.2) is 0 Å². The number of nitrogens with zero attached hydrogens (tertiary/aromatic N) is 1. The van der Waals surface area contributed by atoms with Gasteiger partial charge in [0.2, 0.25) is 0 Å². The standard InChI is InChI=1S/C10H14NOS/c12-8-4-1-5-9-13-10-6-2-3-7-11-10/h2-3,6-7H,1,4-5,8-9H2. The van der Waals surface area contributed by atoms with E-state index in [1.807, 2.05) is 18.2 Å². The lowest BCUT2D eigenvalue weighted by molar-refractivity contribution is 0.186. The average Bonchev–Trinajstić information content (AvgIpc) is 2.19. The van der Waals surface area contributed by atoms with Crippen LogP contribution in [0.15, 0.2) is 29.4 Å². The van der Waals surface area contributed by atoms with Crippen LogP contribution in [0.3, 0.4) is 0 Å². The SMILES string of the molecule is [O]CCCCCSc1ccccn1. The number of hydrogen-bond acceptors (Lipinski definition) is 2. The third kappa shape index (κ3) is 4.90. The molecular weight excluding hydrogens is 182 g/mol. The molecule has 3 heteroatoms.